The lowest BCUT2D eigenvalue weighted by atomic mass is 10.1. The molecule has 39 heavy (non-hydrogen) atoms. The zero-order valence-electron chi connectivity index (χ0n) is 21.1. The molecule has 206 valence electrons. The molecule has 0 amide bonds. The summed E-state index contributed by atoms with van der Waals surface area (Å²) < 4.78 is 38.4. The highest BCUT2D eigenvalue weighted by atomic mass is 35.5. The molecule has 0 radical (unpaired) electrons. The Morgan fingerprint density at radius 2 is 1.77 bits per heavy atom. The number of aliphatic hydroxyl groups excluding tert-OH is 1. The summed E-state index contributed by atoms with van der Waals surface area (Å²) in [5.74, 6) is -0.550. The third-order valence-electron chi connectivity index (χ3n) is 5.56. The first kappa shape index (κ1) is 29.8. The van der Waals surface area contributed by atoms with Gasteiger partial charge in [0.05, 0.1) is 49.2 Å². The van der Waals surface area contributed by atoms with Crippen LogP contribution in [0.2, 0.25) is 5.02 Å². The summed E-state index contributed by atoms with van der Waals surface area (Å²) in [5, 5.41) is 37.9. The molecule has 0 saturated carbocycles. The van der Waals surface area contributed by atoms with Crippen molar-refractivity contribution in [2.75, 3.05) is 38.3 Å². The number of halogens is 1. The third kappa shape index (κ3) is 6.80. The van der Waals surface area contributed by atoms with Gasteiger partial charge in [-0.05, 0) is 48.5 Å². The molecule has 0 unspecified atom stereocenters. The third-order valence-corrected chi connectivity index (χ3v) is 7.61. The maximum atomic E-state index is 13.0. The van der Waals surface area contributed by atoms with E-state index < -0.39 is 21.5 Å². The highest BCUT2D eigenvalue weighted by Crippen LogP contribution is 2.33. The van der Waals surface area contributed by atoms with Crippen LogP contribution in [0.5, 0.6) is 5.88 Å². The maximum Gasteiger partial charge on any atom is 0.271 e. The van der Waals surface area contributed by atoms with E-state index in [9.17, 15) is 23.6 Å². The summed E-state index contributed by atoms with van der Waals surface area (Å²) in [6.07, 6.45) is 0. The van der Waals surface area contributed by atoms with Gasteiger partial charge in [0.2, 0.25) is 5.88 Å². The van der Waals surface area contributed by atoms with Crippen LogP contribution in [-0.2, 0) is 32.6 Å². The number of benzene rings is 2. The minimum atomic E-state index is -3.88. The number of aromatic nitrogens is 1. The van der Waals surface area contributed by atoms with Gasteiger partial charge in [-0.15, -0.1) is 5.11 Å². The van der Waals surface area contributed by atoms with E-state index in [4.69, 9.17) is 26.2 Å². The molecule has 0 spiro atoms. The van der Waals surface area contributed by atoms with Gasteiger partial charge < -0.3 is 19.7 Å². The van der Waals surface area contributed by atoms with Crippen molar-refractivity contribution in [1.82, 2.24) is 4.57 Å². The lowest BCUT2D eigenvalue weighted by Gasteiger charge is -2.19. The highest BCUT2D eigenvalue weighted by Gasteiger charge is 2.23. The number of hydrogen-bond donors (Lipinski definition) is 2. The van der Waals surface area contributed by atoms with Crippen LogP contribution in [0.4, 0.5) is 17.1 Å². The number of hydrogen-bond acceptors (Lipinski definition) is 10. The molecule has 0 atom stereocenters. The monoisotopic (exact) mass is 575 g/mol. The number of pyridine rings is 1. The summed E-state index contributed by atoms with van der Waals surface area (Å²) in [5.41, 5.74) is -0.481. The Balaban J connectivity index is 1.94. The first-order valence-electron chi connectivity index (χ1n) is 11.5. The second-order valence-electron chi connectivity index (χ2n) is 8.01. The quantitative estimate of drug-likeness (QED) is 0.244. The molecule has 0 fully saturated rings. The molecule has 0 aliphatic heterocycles. The number of sulfonamides is 1. The highest BCUT2D eigenvalue weighted by molar-refractivity contribution is 7.92. The van der Waals surface area contributed by atoms with Crippen molar-refractivity contribution in [1.29, 1.82) is 5.26 Å². The van der Waals surface area contributed by atoms with Crippen LogP contribution in [0, 0.1) is 11.3 Å². The predicted molar refractivity (Wildman–Crippen MR) is 143 cm³/mol. The van der Waals surface area contributed by atoms with E-state index in [0.717, 1.165) is 8.87 Å². The van der Waals surface area contributed by atoms with Gasteiger partial charge in [0, 0.05) is 24.7 Å². The molecular formula is C25H26ClN5O7S. The van der Waals surface area contributed by atoms with E-state index in [0.29, 0.717) is 10.7 Å². The SMILES string of the molecule is COCc1c(/N=N/c2ccc(S(=O)(=O)N(C)c3ccc(Cl)cc3)cc2)c(O)n(CCOCCO)c(=O)c1C#N. The molecule has 1 heterocycles. The number of anilines is 1. The molecule has 2 N–H and O–H groups in total. The fourth-order valence-corrected chi connectivity index (χ4v) is 4.84. The van der Waals surface area contributed by atoms with Crippen LogP contribution in [0.25, 0.3) is 0 Å². The number of rotatable bonds is 12. The van der Waals surface area contributed by atoms with E-state index in [-0.39, 0.29) is 60.4 Å². The van der Waals surface area contributed by atoms with E-state index in [1.165, 1.54) is 38.4 Å². The van der Waals surface area contributed by atoms with Gasteiger partial charge in [-0.1, -0.05) is 11.6 Å². The summed E-state index contributed by atoms with van der Waals surface area (Å²) in [7, 11) is -1.11. The van der Waals surface area contributed by atoms with Crippen molar-refractivity contribution in [2.45, 2.75) is 18.0 Å². The number of methoxy groups -OCH3 is 1. The number of nitrogens with zero attached hydrogens (tertiary/aromatic N) is 5. The Labute approximate surface area is 230 Å². The molecule has 0 saturated heterocycles. The molecule has 2 aromatic carbocycles. The fourth-order valence-electron chi connectivity index (χ4n) is 3.52. The molecular weight excluding hydrogens is 550 g/mol. The molecule has 12 nitrogen and oxygen atoms in total. The molecule has 1 aromatic heterocycles. The normalized spacial score (nSPS) is 11.6. The van der Waals surface area contributed by atoms with Crippen LogP contribution in [0.1, 0.15) is 11.1 Å². The van der Waals surface area contributed by atoms with Crippen LogP contribution >= 0.6 is 11.6 Å². The van der Waals surface area contributed by atoms with Crippen molar-refractivity contribution in [3.05, 3.63) is 75.0 Å². The average Bonchev–Trinajstić information content (AvgIpc) is 2.93. The number of nitriles is 1. The maximum absolute atomic E-state index is 13.0. The minimum absolute atomic E-state index is 0.00464. The summed E-state index contributed by atoms with van der Waals surface area (Å²) >= 11 is 5.89. The molecule has 3 aromatic rings. The zero-order chi connectivity index (χ0) is 28.6. The smallest absolute Gasteiger partial charge is 0.271 e. The lowest BCUT2D eigenvalue weighted by Crippen LogP contribution is -2.26. The standard InChI is InChI=1S/C25H26ClN5O7S/c1-30(19-7-3-17(26)4-8-19)39(35,36)20-9-5-18(6-10-20)28-29-23-22(16-37-2)21(15-27)24(33)31(25(23)34)11-13-38-14-12-32/h3-10,32,34H,11-14,16H2,1-2H3/b29-28+. The van der Waals surface area contributed by atoms with Gasteiger partial charge in [-0.25, -0.2) is 8.42 Å². The van der Waals surface area contributed by atoms with Crippen molar-refractivity contribution in [2.24, 2.45) is 10.2 Å². The summed E-state index contributed by atoms with van der Waals surface area (Å²) in [6.45, 7) is -0.497. The predicted octanol–water partition coefficient (Wildman–Crippen LogP) is 3.47. The van der Waals surface area contributed by atoms with Gasteiger partial charge in [0.15, 0.2) is 5.69 Å². The molecule has 0 bridgehead atoms. The van der Waals surface area contributed by atoms with Crippen molar-refractivity contribution in [3.8, 4) is 11.9 Å². The van der Waals surface area contributed by atoms with Gasteiger partial charge in [-0.2, -0.15) is 10.4 Å². The van der Waals surface area contributed by atoms with Crippen LogP contribution in [0.3, 0.4) is 0 Å². The fraction of sp³-hybridized carbons (Fsp3) is 0.280. The van der Waals surface area contributed by atoms with Gasteiger partial charge in [0.25, 0.3) is 15.6 Å². The Morgan fingerprint density at radius 1 is 1.10 bits per heavy atom. The molecule has 0 aliphatic rings. The second-order valence-corrected chi connectivity index (χ2v) is 10.4. The topological polar surface area (TPSA) is 167 Å². The Bertz CT molecular complexity index is 1530. The van der Waals surface area contributed by atoms with Crippen LogP contribution < -0.4 is 9.86 Å². The first-order chi connectivity index (χ1) is 18.6. The van der Waals surface area contributed by atoms with Crippen molar-refractivity contribution >= 4 is 38.7 Å². The molecule has 3 rings (SSSR count). The van der Waals surface area contributed by atoms with Gasteiger partial charge in [0.1, 0.15) is 11.6 Å². The van der Waals surface area contributed by atoms with E-state index in [2.05, 4.69) is 10.2 Å². The van der Waals surface area contributed by atoms with E-state index in [1.54, 1.807) is 24.3 Å². The number of azo groups is 1. The van der Waals surface area contributed by atoms with Crippen molar-refractivity contribution in [3.63, 3.8) is 0 Å². The summed E-state index contributed by atoms with van der Waals surface area (Å²) in [6, 6.07) is 13.7. The Kier molecular flexibility index (Phi) is 10.2. The number of aliphatic hydroxyl groups is 1. The minimum Gasteiger partial charge on any atom is -0.493 e. The van der Waals surface area contributed by atoms with Crippen LogP contribution in [-0.4, -0.2) is 57.2 Å². The van der Waals surface area contributed by atoms with Crippen molar-refractivity contribution < 1.29 is 28.1 Å². The number of aromatic hydroxyl groups is 1. The Morgan fingerprint density at radius 3 is 2.36 bits per heavy atom. The first-order valence-corrected chi connectivity index (χ1v) is 13.3. The lowest BCUT2D eigenvalue weighted by molar-refractivity contribution is 0.0853. The van der Waals surface area contributed by atoms with E-state index >= 15 is 0 Å². The van der Waals surface area contributed by atoms with Gasteiger partial charge in [-0.3, -0.25) is 13.7 Å². The average molecular weight is 576 g/mol. The second kappa shape index (κ2) is 13.3. The van der Waals surface area contributed by atoms with E-state index in [1.807, 2.05) is 6.07 Å². The largest absolute Gasteiger partial charge is 0.493 e. The number of ether oxygens (including phenoxy) is 2. The molecule has 14 heteroatoms. The molecule has 0 aliphatic carbocycles. The van der Waals surface area contributed by atoms with Gasteiger partial charge >= 0.3 is 0 Å². The van der Waals surface area contributed by atoms with Crippen LogP contribution in [0.15, 0.2) is 68.4 Å². The Hall–Kier alpha value is -3.80. The summed E-state index contributed by atoms with van der Waals surface area (Å²) in [4.78, 5) is 12.8. The zero-order valence-corrected chi connectivity index (χ0v) is 22.7.